The summed E-state index contributed by atoms with van der Waals surface area (Å²) in [4.78, 5) is 16.8. The zero-order valence-electron chi connectivity index (χ0n) is 13.7. The van der Waals surface area contributed by atoms with Crippen molar-refractivity contribution in [2.45, 2.75) is 45.7 Å². The van der Waals surface area contributed by atoms with Crippen LogP contribution in [0, 0.1) is 5.92 Å². The lowest BCUT2D eigenvalue weighted by atomic mass is 10.2. The fourth-order valence-corrected chi connectivity index (χ4v) is 3.44. The van der Waals surface area contributed by atoms with Gasteiger partial charge in [0, 0.05) is 31.9 Å². The largest absolute Gasteiger partial charge is 0.323 e. The fourth-order valence-electron chi connectivity index (χ4n) is 3.44. The van der Waals surface area contributed by atoms with Gasteiger partial charge in [0.2, 0.25) is 0 Å². The topological polar surface area (TPSA) is 53.4 Å². The molecule has 1 atom stereocenters. The van der Waals surface area contributed by atoms with E-state index in [1.54, 1.807) is 6.20 Å². The summed E-state index contributed by atoms with van der Waals surface area (Å²) in [6.45, 7) is 9.28. The van der Waals surface area contributed by atoms with E-state index in [0.29, 0.717) is 12.0 Å². The lowest BCUT2D eigenvalue weighted by Gasteiger charge is -2.23. The number of amides is 2. The van der Waals surface area contributed by atoms with E-state index in [4.69, 9.17) is 0 Å². The summed E-state index contributed by atoms with van der Waals surface area (Å²) in [5, 5.41) is 7.26. The Hall–Kier alpha value is -1.56. The van der Waals surface area contributed by atoms with Gasteiger partial charge in [-0.3, -0.25) is 9.58 Å². The minimum atomic E-state index is 0.00536. The van der Waals surface area contributed by atoms with Crippen LogP contribution in [0.2, 0.25) is 0 Å². The second-order valence-electron chi connectivity index (χ2n) is 6.91. The van der Waals surface area contributed by atoms with Crippen LogP contribution in [0.3, 0.4) is 0 Å². The van der Waals surface area contributed by atoms with Crippen LogP contribution in [0.15, 0.2) is 12.4 Å². The van der Waals surface area contributed by atoms with Crippen molar-refractivity contribution in [2.24, 2.45) is 5.92 Å². The molecule has 3 heterocycles. The van der Waals surface area contributed by atoms with E-state index in [1.807, 2.05) is 15.8 Å². The summed E-state index contributed by atoms with van der Waals surface area (Å²) in [5.74, 6) is 0.545. The average molecular weight is 305 g/mol. The van der Waals surface area contributed by atoms with Gasteiger partial charge < -0.3 is 10.2 Å². The molecule has 1 unspecified atom stereocenters. The van der Waals surface area contributed by atoms with Gasteiger partial charge in [-0.25, -0.2) is 4.79 Å². The van der Waals surface area contributed by atoms with Crippen molar-refractivity contribution >= 4 is 11.7 Å². The van der Waals surface area contributed by atoms with Crippen LogP contribution in [0.4, 0.5) is 10.5 Å². The van der Waals surface area contributed by atoms with Crippen LogP contribution in [-0.4, -0.2) is 57.8 Å². The Balaban J connectivity index is 1.50. The zero-order chi connectivity index (χ0) is 15.5. The molecule has 2 saturated heterocycles. The molecule has 2 aliphatic heterocycles. The summed E-state index contributed by atoms with van der Waals surface area (Å²) in [6, 6.07) is 0.558. The molecule has 122 valence electrons. The third kappa shape index (κ3) is 3.61. The van der Waals surface area contributed by atoms with Gasteiger partial charge in [0.15, 0.2) is 0 Å². The zero-order valence-corrected chi connectivity index (χ0v) is 13.7. The second-order valence-corrected chi connectivity index (χ2v) is 6.91. The first-order valence-electron chi connectivity index (χ1n) is 8.44. The van der Waals surface area contributed by atoms with Crippen molar-refractivity contribution in [3.05, 3.63) is 12.4 Å². The SMILES string of the molecule is CC(C)Cn1cc(NC(=O)N2CCC(N3CCCC3)C2)cn1. The molecule has 0 aromatic carbocycles. The summed E-state index contributed by atoms with van der Waals surface area (Å²) >= 11 is 0. The number of aromatic nitrogens is 2. The Kier molecular flexibility index (Phi) is 4.66. The highest BCUT2D eigenvalue weighted by Gasteiger charge is 2.31. The minimum absolute atomic E-state index is 0.00536. The lowest BCUT2D eigenvalue weighted by Crippen LogP contribution is -2.38. The van der Waals surface area contributed by atoms with E-state index in [-0.39, 0.29) is 6.03 Å². The number of hydrogen-bond acceptors (Lipinski definition) is 3. The molecule has 2 amide bonds. The summed E-state index contributed by atoms with van der Waals surface area (Å²) in [6.07, 6.45) is 7.34. The van der Waals surface area contributed by atoms with Crippen molar-refractivity contribution in [3.8, 4) is 0 Å². The third-order valence-electron chi connectivity index (χ3n) is 4.54. The molecule has 0 aliphatic carbocycles. The first-order valence-corrected chi connectivity index (χ1v) is 8.44. The van der Waals surface area contributed by atoms with E-state index >= 15 is 0 Å². The van der Waals surface area contributed by atoms with Gasteiger partial charge in [0.25, 0.3) is 0 Å². The molecular formula is C16H27N5O. The molecule has 0 spiro atoms. The number of carbonyl (C=O) groups is 1. The van der Waals surface area contributed by atoms with Gasteiger partial charge in [-0.15, -0.1) is 0 Å². The highest BCUT2D eigenvalue weighted by Crippen LogP contribution is 2.21. The first kappa shape index (κ1) is 15.3. The maximum Gasteiger partial charge on any atom is 0.321 e. The number of carbonyl (C=O) groups excluding carboxylic acids is 1. The third-order valence-corrected chi connectivity index (χ3v) is 4.54. The molecular weight excluding hydrogens is 278 g/mol. The smallest absolute Gasteiger partial charge is 0.321 e. The van der Waals surface area contributed by atoms with Gasteiger partial charge >= 0.3 is 6.03 Å². The van der Waals surface area contributed by atoms with Gasteiger partial charge in [-0.2, -0.15) is 5.10 Å². The van der Waals surface area contributed by atoms with Gasteiger partial charge in [0.1, 0.15) is 0 Å². The fraction of sp³-hybridized carbons (Fsp3) is 0.750. The number of nitrogens with one attached hydrogen (secondary N) is 1. The number of nitrogens with zero attached hydrogens (tertiary/aromatic N) is 4. The molecule has 2 aliphatic rings. The number of anilines is 1. The maximum absolute atomic E-state index is 12.4. The molecule has 6 heteroatoms. The highest BCUT2D eigenvalue weighted by molar-refractivity contribution is 5.89. The van der Waals surface area contributed by atoms with E-state index in [0.717, 1.165) is 31.7 Å². The molecule has 0 bridgehead atoms. The normalized spacial score (nSPS) is 22.7. The molecule has 1 aromatic heterocycles. The molecule has 0 saturated carbocycles. The van der Waals surface area contributed by atoms with Gasteiger partial charge in [0.05, 0.1) is 11.9 Å². The van der Waals surface area contributed by atoms with E-state index in [1.165, 1.54) is 25.9 Å². The molecule has 6 nitrogen and oxygen atoms in total. The summed E-state index contributed by atoms with van der Waals surface area (Å²) in [7, 11) is 0. The predicted octanol–water partition coefficient (Wildman–Crippen LogP) is 2.24. The number of likely N-dealkylation sites (tertiary alicyclic amines) is 2. The van der Waals surface area contributed by atoms with Gasteiger partial charge in [-0.1, -0.05) is 13.8 Å². The van der Waals surface area contributed by atoms with Crippen molar-refractivity contribution in [3.63, 3.8) is 0 Å². The monoisotopic (exact) mass is 305 g/mol. The molecule has 0 radical (unpaired) electrons. The molecule has 2 fully saturated rings. The quantitative estimate of drug-likeness (QED) is 0.928. The Bertz CT molecular complexity index is 506. The van der Waals surface area contributed by atoms with Crippen LogP contribution in [0.5, 0.6) is 0 Å². The Morgan fingerprint density at radius 2 is 2.14 bits per heavy atom. The molecule has 1 aromatic rings. The standard InChI is InChI=1S/C16H27N5O/c1-13(2)10-21-11-14(9-17-21)18-16(22)20-8-5-15(12-20)19-6-3-4-7-19/h9,11,13,15H,3-8,10,12H2,1-2H3,(H,18,22). The molecule has 1 N–H and O–H groups in total. The molecule has 22 heavy (non-hydrogen) atoms. The Morgan fingerprint density at radius 3 is 2.86 bits per heavy atom. The van der Waals surface area contributed by atoms with E-state index in [2.05, 4.69) is 29.2 Å². The van der Waals surface area contributed by atoms with Crippen LogP contribution in [-0.2, 0) is 6.54 Å². The van der Waals surface area contributed by atoms with Crippen molar-refractivity contribution in [2.75, 3.05) is 31.5 Å². The number of rotatable bonds is 4. The van der Waals surface area contributed by atoms with Crippen molar-refractivity contribution < 1.29 is 4.79 Å². The Morgan fingerprint density at radius 1 is 1.36 bits per heavy atom. The summed E-state index contributed by atoms with van der Waals surface area (Å²) in [5.41, 5.74) is 0.787. The minimum Gasteiger partial charge on any atom is -0.323 e. The van der Waals surface area contributed by atoms with Crippen LogP contribution >= 0.6 is 0 Å². The van der Waals surface area contributed by atoms with Crippen molar-refractivity contribution in [1.82, 2.24) is 19.6 Å². The molecule has 3 rings (SSSR count). The highest BCUT2D eigenvalue weighted by atomic mass is 16.2. The number of urea groups is 1. The van der Waals surface area contributed by atoms with Gasteiger partial charge in [-0.05, 0) is 38.3 Å². The van der Waals surface area contributed by atoms with E-state index < -0.39 is 0 Å². The lowest BCUT2D eigenvalue weighted by molar-refractivity contribution is 0.210. The second kappa shape index (κ2) is 6.69. The maximum atomic E-state index is 12.4. The number of hydrogen-bond donors (Lipinski definition) is 1. The predicted molar refractivity (Wildman–Crippen MR) is 86.9 cm³/mol. The average Bonchev–Trinajstić information content (AvgIpc) is 3.19. The van der Waals surface area contributed by atoms with Crippen molar-refractivity contribution in [1.29, 1.82) is 0 Å². The summed E-state index contributed by atoms with van der Waals surface area (Å²) < 4.78 is 1.89. The van der Waals surface area contributed by atoms with Crippen LogP contribution in [0.1, 0.15) is 33.1 Å². The van der Waals surface area contributed by atoms with E-state index in [9.17, 15) is 4.79 Å². The Labute approximate surface area is 132 Å². The van der Waals surface area contributed by atoms with Crippen LogP contribution < -0.4 is 5.32 Å². The first-order chi connectivity index (χ1) is 10.6. The van der Waals surface area contributed by atoms with Crippen LogP contribution in [0.25, 0.3) is 0 Å².